The molecule has 1 aromatic carbocycles. The lowest BCUT2D eigenvalue weighted by atomic mass is 10.2. The minimum atomic E-state index is -0.356. The molecule has 0 heterocycles. The molecular weight excluding hydrogens is 183 g/mol. The van der Waals surface area contributed by atoms with E-state index in [0.29, 0.717) is 12.3 Å². The van der Waals surface area contributed by atoms with Crippen LogP contribution in [0.5, 0.6) is 5.75 Å². The summed E-state index contributed by atoms with van der Waals surface area (Å²) in [5, 5.41) is 11.2. The van der Waals surface area contributed by atoms with Crippen LogP contribution in [0.25, 0.3) is 0 Å². The number of nitrogens with one attached hydrogen (secondary N) is 1. The van der Waals surface area contributed by atoms with Crippen molar-refractivity contribution >= 4 is 0 Å². The van der Waals surface area contributed by atoms with Crippen molar-refractivity contribution in [3.63, 3.8) is 0 Å². The molecule has 0 atom stereocenters. The van der Waals surface area contributed by atoms with Crippen LogP contribution in [-0.2, 0) is 6.54 Å². The molecule has 1 N–H and O–H groups in total. The van der Waals surface area contributed by atoms with Gasteiger partial charge in [-0.3, -0.25) is 0 Å². The number of rotatable bonds is 4. The van der Waals surface area contributed by atoms with Crippen molar-refractivity contribution < 1.29 is 9.13 Å². The second-order valence-electron chi connectivity index (χ2n) is 2.77. The zero-order chi connectivity index (χ0) is 10.4. The summed E-state index contributed by atoms with van der Waals surface area (Å²) in [6.07, 6.45) is 0. The van der Waals surface area contributed by atoms with E-state index >= 15 is 0 Å². The molecule has 0 saturated carbocycles. The standard InChI is InChI=1S/C10H11FN2O/c1-13-7-8-4-9(11)6-10(5-8)14-3-2-12/h4-6,13H,3,7H2,1H3. The van der Waals surface area contributed by atoms with E-state index in [4.69, 9.17) is 10.00 Å². The lowest BCUT2D eigenvalue weighted by molar-refractivity contribution is 0.365. The highest BCUT2D eigenvalue weighted by atomic mass is 19.1. The third-order valence-corrected chi connectivity index (χ3v) is 1.62. The van der Waals surface area contributed by atoms with E-state index in [9.17, 15) is 4.39 Å². The summed E-state index contributed by atoms with van der Waals surface area (Å²) in [5.41, 5.74) is 0.792. The van der Waals surface area contributed by atoms with Crippen LogP contribution >= 0.6 is 0 Å². The summed E-state index contributed by atoms with van der Waals surface area (Å²) in [6.45, 7) is 0.503. The highest BCUT2D eigenvalue weighted by Crippen LogP contribution is 2.16. The first-order valence-electron chi connectivity index (χ1n) is 4.20. The highest BCUT2D eigenvalue weighted by molar-refractivity contribution is 5.29. The number of nitrogens with zero attached hydrogens (tertiary/aromatic N) is 1. The second kappa shape index (κ2) is 5.20. The van der Waals surface area contributed by atoms with Crippen molar-refractivity contribution in [3.05, 3.63) is 29.6 Å². The Morgan fingerprint density at radius 3 is 2.93 bits per heavy atom. The van der Waals surface area contributed by atoms with Crippen LogP contribution in [0.1, 0.15) is 5.56 Å². The lowest BCUT2D eigenvalue weighted by Gasteiger charge is -2.05. The molecular formula is C10H11FN2O. The molecule has 0 spiro atoms. The van der Waals surface area contributed by atoms with Crippen molar-refractivity contribution in [2.45, 2.75) is 6.54 Å². The number of hydrogen-bond acceptors (Lipinski definition) is 3. The molecule has 0 aliphatic rings. The molecule has 0 radical (unpaired) electrons. The molecule has 0 aliphatic carbocycles. The topological polar surface area (TPSA) is 45.0 Å². The van der Waals surface area contributed by atoms with Gasteiger partial charge in [-0.15, -0.1) is 0 Å². The van der Waals surface area contributed by atoms with Gasteiger partial charge in [0.2, 0.25) is 0 Å². The van der Waals surface area contributed by atoms with E-state index in [1.54, 1.807) is 13.1 Å². The van der Waals surface area contributed by atoms with E-state index < -0.39 is 0 Å². The lowest BCUT2D eigenvalue weighted by Crippen LogP contribution is -2.05. The third kappa shape index (κ3) is 3.04. The Morgan fingerprint density at radius 1 is 1.50 bits per heavy atom. The Balaban J connectivity index is 2.79. The molecule has 1 rings (SSSR count). The SMILES string of the molecule is CNCc1cc(F)cc(OCC#N)c1. The monoisotopic (exact) mass is 194 g/mol. The smallest absolute Gasteiger partial charge is 0.174 e. The van der Waals surface area contributed by atoms with Gasteiger partial charge >= 0.3 is 0 Å². The first-order valence-corrected chi connectivity index (χ1v) is 4.20. The van der Waals surface area contributed by atoms with Crippen molar-refractivity contribution in [1.82, 2.24) is 5.32 Å². The molecule has 0 bridgehead atoms. The third-order valence-electron chi connectivity index (χ3n) is 1.62. The van der Waals surface area contributed by atoms with E-state index in [0.717, 1.165) is 5.56 Å². The molecule has 4 heteroatoms. The number of hydrogen-bond donors (Lipinski definition) is 1. The average Bonchev–Trinajstić information content (AvgIpc) is 2.14. The summed E-state index contributed by atoms with van der Waals surface area (Å²) >= 11 is 0. The van der Waals surface area contributed by atoms with Crippen LogP contribution in [0.2, 0.25) is 0 Å². The van der Waals surface area contributed by atoms with Crippen LogP contribution in [0.3, 0.4) is 0 Å². The molecule has 0 amide bonds. The van der Waals surface area contributed by atoms with Crippen molar-refractivity contribution in [1.29, 1.82) is 5.26 Å². The van der Waals surface area contributed by atoms with E-state index in [1.165, 1.54) is 12.1 Å². The van der Waals surface area contributed by atoms with E-state index in [1.807, 2.05) is 6.07 Å². The van der Waals surface area contributed by atoms with Gasteiger partial charge < -0.3 is 10.1 Å². The van der Waals surface area contributed by atoms with Gasteiger partial charge in [-0.25, -0.2) is 4.39 Å². The zero-order valence-corrected chi connectivity index (χ0v) is 7.88. The van der Waals surface area contributed by atoms with E-state index in [2.05, 4.69) is 5.32 Å². The zero-order valence-electron chi connectivity index (χ0n) is 7.88. The van der Waals surface area contributed by atoms with Gasteiger partial charge in [-0.1, -0.05) is 0 Å². The maximum Gasteiger partial charge on any atom is 0.174 e. The molecule has 3 nitrogen and oxygen atoms in total. The summed E-state index contributed by atoms with van der Waals surface area (Å²) in [4.78, 5) is 0. The second-order valence-corrected chi connectivity index (χ2v) is 2.77. The van der Waals surface area contributed by atoms with Gasteiger partial charge in [0, 0.05) is 12.6 Å². The van der Waals surface area contributed by atoms with Crippen LogP contribution in [-0.4, -0.2) is 13.7 Å². The van der Waals surface area contributed by atoms with Crippen molar-refractivity contribution in [2.24, 2.45) is 0 Å². The molecule has 0 unspecified atom stereocenters. The van der Waals surface area contributed by atoms with Crippen LogP contribution in [0.15, 0.2) is 18.2 Å². The van der Waals surface area contributed by atoms with Crippen molar-refractivity contribution in [2.75, 3.05) is 13.7 Å². The van der Waals surface area contributed by atoms with Gasteiger partial charge in [-0.2, -0.15) is 5.26 Å². The number of benzene rings is 1. The number of halogens is 1. The summed E-state index contributed by atoms with van der Waals surface area (Å²) < 4.78 is 18.0. The predicted molar refractivity (Wildman–Crippen MR) is 50.3 cm³/mol. The maximum absolute atomic E-state index is 13.0. The highest BCUT2D eigenvalue weighted by Gasteiger charge is 2.00. The van der Waals surface area contributed by atoms with Crippen LogP contribution < -0.4 is 10.1 Å². The fourth-order valence-corrected chi connectivity index (χ4v) is 1.13. The molecule has 0 fully saturated rings. The van der Waals surface area contributed by atoms with Gasteiger partial charge in [0.15, 0.2) is 6.61 Å². The van der Waals surface area contributed by atoms with Crippen LogP contribution in [0.4, 0.5) is 4.39 Å². The van der Waals surface area contributed by atoms with Gasteiger partial charge in [0.25, 0.3) is 0 Å². The Hall–Kier alpha value is -1.60. The normalized spacial score (nSPS) is 9.50. The molecule has 0 aliphatic heterocycles. The van der Waals surface area contributed by atoms with Crippen molar-refractivity contribution in [3.8, 4) is 11.8 Å². The summed E-state index contributed by atoms with van der Waals surface area (Å²) in [7, 11) is 1.78. The minimum absolute atomic E-state index is 0.0670. The van der Waals surface area contributed by atoms with Gasteiger partial charge in [0.1, 0.15) is 17.6 Å². The minimum Gasteiger partial charge on any atom is -0.479 e. The van der Waals surface area contributed by atoms with Crippen LogP contribution in [0, 0.1) is 17.1 Å². The van der Waals surface area contributed by atoms with Gasteiger partial charge in [-0.05, 0) is 24.7 Å². The summed E-state index contributed by atoms with van der Waals surface area (Å²) in [6, 6.07) is 6.22. The molecule has 1 aromatic rings. The quantitative estimate of drug-likeness (QED) is 0.789. The largest absolute Gasteiger partial charge is 0.479 e. The first-order chi connectivity index (χ1) is 6.76. The fraction of sp³-hybridized carbons (Fsp3) is 0.300. The predicted octanol–water partition coefficient (Wildman–Crippen LogP) is 1.45. The average molecular weight is 194 g/mol. The number of ether oxygens (including phenoxy) is 1. The van der Waals surface area contributed by atoms with Gasteiger partial charge in [0.05, 0.1) is 0 Å². The molecule has 74 valence electrons. The maximum atomic E-state index is 13.0. The number of nitriles is 1. The Morgan fingerprint density at radius 2 is 2.29 bits per heavy atom. The Bertz CT molecular complexity index is 346. The fourth-order valence-electron chi connectivity index (χ4n) is 1.13. The molecule has 0 aromatic heterocycles. The molecule has 14 heavy (non-hydrogen) atoms. The Kier molecular flexibility index (Phi) is 3.89. The first kappa shape index (κ1) is 10.5. The molecule has 0 saturated heterocycles. The van der Waals surface area contributed by atoms with E-state index in [-0.39, 0.29) is 12.4 Å². The summed E-state index contributed by atoms with van der Waals surface area (Å²) in [5.74, 6) is 0.0301. The Labute approximate surface area is 82.1 Å².